The summed E-state index contributed by atoms with van der Waals surface area (Å²) < 4.78 is 2.10. The van der Waals surface area contributed by atoms with Gasteiger partial charge >= 0.3 is 0 Å². The van der Waals surface area contributed by atoms with Gasteiger partial charge in [-0.3, -0.25) is 4.98 Å². The first-order valence-electron chi connectivity index (χ1n) is 3.18. The van der Waals surface area contributed by atoms with Crippen LogP contribution >= 0.6 is 38.5 Å². The fourth-order valence-corrected chi connectivity index (χ4v) is 2.35. The number of nitrogens with zero attached hydrogens (tertiary/aromatic N) is 1. The summed E-state index contributed by atoms with van der Waals surface area (Å²) in [4.78, 5) is 4.20. The van der Waals surface area contributed by atoms with Gasteiger partial charge in [0.05, 0.1) is 5.69 Å². The summed E-state index contributed by atoms with van der Waals surface area (Å²) in [5, 5.41) is 0. The minimum absolute atomic E-state index is 0.0126. The standard InChI is InChI=1S/C7H8BrIN2/c1-4(10)7-6(8)2-5(9)3-11-7/h2-4H,10H2,1H3. The van der Waals surface area contributed by atoms with Crippen molar-refractivity contribution in [1.29, 1.82) is 0 Å². The molecular formula is C7H8BrIN2. The van der Waals surface area contributed by atoms with Crippen molar-refractivity contribution < 1.29 is 0 Å². The third-order valence-electron chi connectivity index (χ3n) is 1.27. The molecular weight excluding hydrogens is 319 g/mol. The highest BCUT2D eigenvalue weighted by atomic mass is 127. The van der Waals surface area contributed by atoms with Crippen molar-refractivity contribution in [3.05, 3.63) is 26.0 Å². The van der Waals surface area contributed by atoms with Crippen LogP contribution in [0.15, 0.2) is 16.7 Å². The van der Waals surface area contributed by atoms with Crippen LogP contribution in [0.2, 0.25) is 0 Å². The van der Waals surface area contributed by atoms with Gasteiger partial charge in [-0.2, -0.15) is 0 Å². The fraction of sp³-hybridized carbons (Fsp3) is 0.286. The second kappa shape index (κ2) is 3.82. The molecule has 0 aliphatic heterocycles. The molecule has 2 nitrogen and oxygen atoms in total. The number of hydrogen-bond acceptors (Lipinski definition) is 2. The van der Waals surface area contributed by atoms with Crippen LogP contribution in [-0.2, 0) is 0 Å². The van der Waals surface area contributed by atoms with Crippen molar-refractivity contribution in [2.24, 2.45) is 5.73 Å². The van der Waals surface area contributed by atoms with Crippen molar-refractivity contribution >= 4 is 38.5 Å². The SMILES string of the molecule is CC(N)c1ncc(I)cc1Br. The smallest absolute Gasteiger partial charge is 0.0710 e. The molecule has 60 valence electrons. The molecule has 1 heterocycles. The van der Waals surface area contributed by atoms with E-state index in [1.807, 2.05) is 19.2 Å². The van der Waals surface area contributed by atoms with Gasteiger partial charge in [-0.15, -0.1) is 0 Å². The van der Waals surface area contributed by atoms with E-state index in [0.29, 0.717) is 0 Å². The summed E-state index contributed by atoms with van der Waals surface area (Å²) in [5.74, 6) is 0. The van der Waals surface area contributed by atoms with Crippen LogP contribution in [0.1, 0.15) is 18.7 Å². The number of aromatic nitrogens is 1. The zero-order valence-electron chi connectivity index (χ0n) is 6.01. The van der Waals surface area contributed by atoms with Crippen LogP contribution in [0.4, 0.5) is 0 Å². The Morgan fingerprint density at radius 3 is 2.82 bits per heavy atom. The summed E-state index contributed by atoms with van der Waals surface area (Å²) >= 11 is 5.61. The van der Waals surface area contributed by atoms with E-state index in [1.54, 1.807) is 0 Å². The lowest BCUT2D eigenvalue weighted by Gasteiger charge is -2.06. The minimum Gasteiger partial charge on any atom is -0.323 e. The van der Waals surface area contributed by atoms with Gasteiger partial charge in [0.25, 0.3) is 0 Å². The van der Waals surface area contributed by atoms with Crippen LogP contribution < -0.4 is 5.73 Å². The molecule has 0 aliphatic carbocycles. The van der Waals surface area contributed by atoms with E-state index in [0.717, 1.165) is 13.7 Å². The van der Waals surface area contributed by atoms with Crippen LogP contribution in [-0.4, -0.2) is 4.98 Å². The Kier molecular flexibility index (Phi) is 3.27. The summed E-state index contributed by atoms with van der Waals surface area (Å²) in [6.07, 6.45) is 1.81. The average molecular weight is 327 g/mol. The third kappa shape index (κ3) is 2.38. The molecule has 1 atom stereocenters. The lowest BCUT2D eigenvalue weighted by Crippen LogP contribution is -2.08. The second-order valence-electron chi connectivity index (χ2n) is 2.31. The molecule has 2 N–H and O–H groups in total. The molecule has 0 saturated heterocycles. The van der Waals surface area contributed by atoms with Crippen molar-refractivity contribution in [1.82, 2.24) is 4.98 Å². The predicted octanol–water partition coefficient (Wildman–Crippen LogP) is 2.47. The summed E-state index contributed by atoms with van der Waals surface area (Å²) in [7, 11) is 0. The number of rotatable bonds is 1. The maximum atomic E-state index is 5.67. The van der Waals surface area contributed by atoms with E-state index < -0.39 is 0 Å². The monoisotopic (exact) mass is 326 g/mol. The molecule has 0 spiro atoms. The van der Waals surface area contributed by atoms with E-state index in [9.17, 15) is 0 Å². The van der Waals surface area contributed by atoms with E-state index in [2.05, 4.69) is 43.5 Å². The molecule has 0 aromatic carbocycles. The Labute approximate surface area is 87.9 Å². The van der Waals surface area contributed by atoms with Gasteiger partial charge < -0.3 is 5.73 Å². The zero-order chi connectivity index (χ0) is 8.43. The van der Waals surface area contributed by atoms with E-state index in [4.69, 9.17) is 5.73 Å². The van der Waals surface area contributed by atoms with Crippen molar-refractivity contribution in [2.75, 3.05) is 0 Å². The Bertz CT molecular complexity index is 263. The lowest BCUT2D eigenvalue weighted by atomic mass is 10.2. The Morgan fingerprint density at radius 1 is 1.73 bits per heavy atom. The van der Waals surface area contributed by atoms with Crippen LogP contribution in [0.5, 0.6) is 0 Å². The van der Waals surface area contributed by atoms with Gasteiger partial charge in [0.2, 0.25) is 0 Å². The lowest BCUT2D eigenvalue weighted by molar-refractivity contribution is 0.774. The molecule has 0 aliphatic rings. The van der Waals surface area contributed by atoms with Gasteiger partial charge in [0, 0.05) is 20.3 Å². The summed E-state index contributed by atoms with van der Waals surface area (Å²) in [6, 6.07) is 1.99. The molecule has 1 unspecified atom stereocenters. The van der Waals surface area contributed by atoms with E-state index >= 15 is 0 Å². The number of halogens is 2. The first-order valence-corrected chi connectivity index (χ1v) is 5.05. The minimum atomic E-state index is -0.0126. The topological polar surface area (TPSA) is 38.9 Å². The molecule has 0 amide bonds. The molecule has 0 fully saturated rings. The Morgan fingerprint density at radius 2 is 2.36 bits per heavy atom. The second-order valence-corrected chi connectivity index (χ2v) is 4.41. The molecule has 0 saturated carbocycles. The Balaban J connectivity index is 3.09. The molecule has 0 radical (unpaired) electrons. The normalized spacial score (nSPS) is 13.1. The van der Waals surface area contributed by atoms with Gasteiger partial charge in [0.15, 0.2) is 0 Å². The fourth-order valence-electron chi connectivity index (χ4n) is 0.760. The number of hydrogen-bond donors (Lipinski definition) is 1. The molecule has 1 aromatic heterocycles. The zero-order valence-corrected chi connectivity index (χ0v) is 9.76. The highest BCUT2D eigenvalue weighted by Crippen LogP contribution is 2.21. The van der Waals surface area contributed by atoms with Gasteiger partial charge in [-0.1, -0.05) is 0 Å². The predicted molar refractivity (Wildman–Crippen MR) is 57.3 cm³/mol. The van der Waals surface area contributed by atoms with E-state index in [-0.39, 0.29) is 6.04 Å². The number of pyridine rings is 1. The maximum Gasteiger partial charge on any atom is 0.0710 e. The quantitative estimate of drug-likeness (QED) is 0.805. The van der Waals surface area contributed by atoms with E-state index in [1.165, 1.54) is 0 Å². The first kappa shape index (κ1) is 9.41. The van der Waals surface area contributed by atoms with Crippen LogP contribution in [0.25, 0.3) is 0 Å². The largest absolute Gasteiger partial charge is 0.323 e. The van der Waals surface area contributed by atoms with Crippen LogP contribution in [0, 0.1) is 3.57 Å². The number of nitrogens with two attached hydrogens (primary N) is 1. The highest BCUT2D eigenvalue weighted by Gasteiger charge is 2.05. The van der Waals surface area contributed by atoms with Gasteiger partial charge in [-0.05, 0) is 51.5 Å². The van der Waals surface area contributed by atoms with Crippen LogP contribution in [0.3, 0.4) is 0 Å². The molecule has 1 rings (SSSR count). The average Bonchev–Trinajstić information content (AvgIpc) is 1.85. The molecule has 1 aromatic rings. The molecule has 0 bridgehead atoms. The third-order valence-corrected chi connectivity index (χ3v) is 2.49. The van der Waals surface area contributed by atoms with Gasteiger partial charge in [-0.25, -0.2) is 0 Å². The van der Waals surface area contributed by atoms with Gasteiger partial charge in [0.1, 0.15) is 0 Å². The van der Waals surface area contributed by atoms with Crippen molar-refractivity contribution in [2.45, 2.75) is 13.0 Å². The first-order chi connectivity index (χ1) is 5.11. The Hall–Kier alpha value is 0.320. The molecule has 11 heavy (non-hydrogen) atoms. The molecule has 4 heteroatoms. The maximum absolute atomic E-state index is 5.67. The summed E-state index contributed by atoms with van der Waals surface area (Å²) in [6.45, 7) is 1.92. The highest BCUT2D eigenvalue weighted by molar-refractivity contribution is 14.1. The van der Waals surface area contributed by atoms with Crippen molar-refractivity contribution in [3.8, 4) is 0 Å². The summed E-state index contributed by atoms with van der Waals surface area (Å²) in [5.41, 5.74) is 6.58. The van der Waals surface area contributed by atoms with Crippen molar-refractivity contribution in [3.63, 3.8) is 0 Å².